The quantitative estimate of drug-likeness (QED) is 0.657. The van der Waals surface area contributed by atoms with Crippen molar-refractivity contribution in [2.75, 3.05) is 7.11 Å². The highest BCUT2D eigenvalue weighted by molar-refractivity contribution is 6.06. The van der Waals surface area contributed by atoms with Crippen LogP contribution in [-0.2, 0) is 17.9 Å². The predicted octanol–water partition coefficient (Wildman–Crippen LogP) is 1.83. The lowest BCUT2D eigenvalue weighted by Crippen LogP contribution is -2.27. The molecule has 7 nitrogen and oxygen atoms in total. The molecule has 0 bridgehead atoms. The minimum Gasteiger partial charge on any atom is -0.496 e. The lowest BCUT2D eigenvalue weighted by atomic mass is 10.1. The van der Waals surface area contributed by atoms with Crippen molar-refractivity contribution in [1.82, 2.24) is 20.1 Å². The maximum absolute atomic E-state index is 12.3. The molecule has 0 saturated carbocycles. The number of para-hydroxylation sites is 1. The molecule has 0 saturated heterocycles. The Morgan fingerprint density at radius 2 is 1.81 bits per heavy atom. The highest BCUT2D eigenvalue weighted by Crippen LogP contribution is 2.16. The molecule has 0 aliphatic heterocycles. The Morgan fingerprint density at radius 3 is 2.58 bits per heavy atom. The Balaban J connectivity index is 1.59. The third-order valence-electron chi connectivity index (χ3n) is 3.75. The smallest absolute Gasteiger partial charge is 0.242 e. The second-order valence-corrected chi connectivity index (χ2v) is 5.55. The van der Waals surface area contributed by atoms with E-state index in [0.717, 1.165) is 5.56 Å². The molecule has 3 aromatic rings. The van der Waals surface area contributed by atoms with E-state index in [4.69, 9.17) is 4.74 Å². The summed E-state index contributed by atoms with van der Waals surface area (Å²) >= 11 is 0. The zero-order valence-electron chi connectivity index (χ0n) is 14.3. The number of benzene rings is 2. The van der Waals surface area contributed by atoms with Crippen LogP contribution in [-0.4, -0.2) is 33.6 Å². The largest absolute Gasteiger partial charge is 0.496 e. The van der Waals surface area contributed by atoms with Crippen LogP contribution in [0.2, 0.25) is 0 Å². The van der Waals surface area contributed by atoms with E-state index in [9.17, 15) is 9.59 Å². The lowest BCUT2D eigenvalue weighted by Gasteiger charge is -2.09. The molecular formula is C19H18N4O3. The molecule has 132 valence electrons. The summed E-state index contributed by atoms with van der Waals surface area (Å²) in [6.07, 6.45) is 1.37. The standard InChI is InChI=1S/C19H18N4O3/c1-26-16-10-6-5-9-15(16)11-20-17(24)12-23-13-21-19(22-23)18(25)14-7-3-2-4-8-14/h2-10,13H,11-12H2,1H3,(H,20,24). The summed E-state index contributed by atoms with van der Waals surface area (Å²) in [7, 11) is 1.58. The fourth-order valence-corrected chi connectivity index (χ4v) is 2.44. The summed E-state index contributed by atoms with van der Waals surface area (Å²) in [6.45, 7) is 0.317. The molecule has 1 aromatic heterocycles. The number of hydrogen-bond donors (Lipinski definition) is 1. The van der Waals surface area contributed by atoms with Crippen molar-refractivity contribution in [3.8, 4) is 5.75 Å². The van der Waals surface area contributed by atoms with Gasteiger partial charge < -0.3 is 10.1 Å². The van der Waals surface area contributed by atoms with E-state index in [1.165, 1.54) is 11.0 Å². The van der Waals surface area contributed by atoms with Crippen molar-refractivity contribution in [2.45, 2.75) is 13.1 Å². The molecule has 2 aromatic carbocycles. The van der Waals surface area contributed by atoms with Crippen LogP contribution >= 0.6 is 0 Å². The number of ether oxygens (including phenoxy) is 1. The number of ketones is 1. The third-order valence-corrected chi connectivity index (χ3v) is 3.75. The van der Waals surface area contributed by atoms with Gasteiger partial charge in [-0.2, -0.15) is 0 Å². The fraction of sp³-hybridized carbons (Fsp3) is 0.158. The molecule has 7 heteroatoms. The molecule has 0 atom stereocenters. The molecular weight excluding hydrogens is 332 g/mol. The Hall–Kier alpha value is -3.48. The van der Waals surface area contributed by atoms with Crippen molar-refractivity contribution in [3.05, 3.63) is 77.9 Å². The monoisotopic (exact) mass is 350 g/mol. The van der Waals surface area contributed by atoms with Gasteiger partial charge in [-0.1, -0.05) is 48.5 Å². The zero-order valence-corrected chi connectivity index (χ0v) is 14.3. The van der Waals surface area contributed by atoms with Gasteiger partial charge in [0.25, 0.3) is 0 Å². The van der Waals surface area contributed by atoms with E-state index in [-0.39, 0.29) is 24.1 Å². The Labute approximate surface area is 150 Å². The van der Waals surface area contributed by atoms with Gasteiger partial charge in [-0.05, 0) is 6.07 Å². The van der Waals surface area contributed by atoms with Crippen LogP contribution < -0.4 is 10.1 Å². The number of methoxy groups -OCH3 is 1. The van der Waals surface area contributed by atoms with Crippen LogP contribution in [0.25, 0.3) is 0 Å². The third kappa shape index (κ3) is 4.13. The van der Waals surface area contributed by atoms with Crippen LogP contribution in [0.5, 0.6) is 5.75 Å². The van der Waals surface area contributed by atoms with Gasteiger partial charge in [-0.3, -0.25) is 9.59 Å². The van der Waals surface area contributed by atoms with Crippen molar-refractivity contribution in [1.29, 1.82) is 0 Å². The van der Waals surface area contributed by atoms with Gasteiger partial charge in [0, 0.05) is 17.7 Å². The SMILES string of the molecule is COc1ccccc1CNC(=O)Cn1cnc(C(=O)c2ccccc2)n1. The van der Waals surface area contributed by atoms with Gasteiger partial charge in [-0.25, -0.2) is 9.67 Å². The van der Waals surface area contributed by atoms with Crippen molar-refractivity contribution >= 4 is 11.7 Å². The van der Waals surface area contributed by atoms with Crippen LogP contribution in [0.15, 0.2) is 60.9 Å². The van der Waals surface area contributed by atoms with E-state index >= 15 is 0 Å². The van der Waals surface area contributed by atoms with Gasteiger partial charge in [-0.15, -0.1) is 5.10 Å². The van der Waals surface area contributed by atoms with Crippen LogP contribution in [0.4, 0.5) is 0 Å². The van der Waals surface area contributed by atoms with E-state index in [1.807, 2.05) is 30.3 Å². The summed E-state index contributed by atoms with van der Waals surface area (Å²) in [5.41, 5.74) is 1.38. The molecule has 0 aliphatic carbocycles. The number of amides is 1. The maximum atomic E-state index is 12.3. The number of carbonyl (C=O) groups excluding carboxylic acids is 2. The number of rotatable bonds is 7. The molecule has 0 spiro atoms. The summed E-state index contributed by atoms with van der Waals surface area (Å²) in [6, 6.07) is 16.2. The first-order chi connectivity index (χ1) is 12.7. The summed E-state index contributed by atoms with van der Waals surface area (Å²) < 4.78 is 6.59. The Bertz CT molecular complexity index is 906. The first-order valence-corrected chi connectivity index (χ1v) is 8.05. The molecule has 1 heterocycles. The minimum atomic E-state index is -0.279. The van der Waals surface area contributed by atoms with Gasteiger partial charge in [0.2, 0.25) is 17.5 Å². The predicted molar refractivity (Wildman–Crippen MR) is 94.7 cm³/mol. The van der Waals surface area contributed by atoms with Crippen LogP contribution in [0, 0.1) is 0 Å². The van der Waals surface area contributed by atoms with Crippen molar-refractivity contribution < 1.29 is 14.3 Å². The van der Waals surface area contributed by atoms with E-state index in [2.05, 4.69) is 15.4 Å². The second kappa shape index (κ2) is 8.06. The average Bonchev–Trinajstić information content (AvgIpc) is 3.15. The molecule has 3 rings (SSSR count). The number of carbonyl (C=O) groups is 2. The van der Waals surface area contributed by atoms with Gasteiger partial charge in [0.1, 0.15) is 18.6 Å². The first-order valence-electron chi connectivity index (χ1n) is 8.05. The highest BCUT2D eigenvalue weighted by atomic mass is 16.5. The van der Waals surface area contributed by atoms with Crippen molar-refractivity contribution in [3.63, 3.8) is 0 Å². The fourth-order valence-electron chi connectivity index (χ4n) is 2.44. The zero-order chi connectivity index (χ0) is 18.4. The molecule has 0 unspecified atom stereocenters. The Morgan fingerprint density at radius 1 is 1.08 bits per heavy atom. The van der Waals surface area contributed by atoms with Crippen LogP contribution in [0.3, 0.4) is 0 Å². The summed E-state index contributed by atoms with van der Waals surface area (Å²) in [4.78, 5) is 28.4. The number of aromatic nitrogens is 3. The van der Waals surface area contributed by atoms with E-state index in [0.29, 0.717) is 17.9 Å². The number of nitrogens with one attached hydrogen (secondary N) is 1. The molecule has 0 fully saturated rings. The average molecular weight is 350 g/mol. The maximum Gasteiger partial charge on any atom is 0.242 e. The lowest BCUT2D eigenvalue weighted by molar-refractivity contribution is -0.122. The second-order valence-electron chi connectivity index (χ2n) is 5.55. The molecule has 0 radical (unpaired) electrons. The molecule has 1 N–H and O–H groups in total. The first kappa shape index (κ1) is 17.3. The van der Waals surface area contributed by atoms with Crippen LogP contribution in [0.1, 0.15) is 21.7 Å². The van der Waals surface area contributed by atoms with E-state index in [1.54, 1.807) is 31.4 Å². The number of nitrogens with zero attached hydrogens (tertiary/aromatic N) is 3. The normalized spacial score (nSPS) is 10.3. The van der Waals surface area contributed by atoms with Gasteiger partial charge >= 0.3 is 0 Å². The Kier molecular flexibility index (Phi) is 5.38. The minimum absolute atomic E-state index is 0.0236. The number of hydrogen-bond acceptors (Lipinski definition) is 5. The molecule has 26 heavy (non-hydrogen) atoms. The summed E-state index contributed by atoms with van der Waals surface area (Å²) in [5.74, 6) is 0.260. The van der Waals surface area contributed by atoms with Crippen molar-refractivity contribution in [2.24, 2.45) is 0 Å². The van der Waals surface area contributed by atoms with Gasteiger partial charge in [0.05, 0.1) is 7.11 Å². The molecule has 0 aliphatic rings. The molecule has 1 amide bonds. The highest BCUT2D eigenvalue weighted by Gasteiger charge is 2.14. The van der Waals surface area contributed by atoms with E-state index < -0.39 is 0 Å². The van der Waals surface area contributed by atoms with Gasteiger partial charge in [0.15, 0.2) is 0 Å². The topological polar surface area (TPSA) is 86.1 Å². The summed E-state index contributed by atoms with van der Waals surface area (Å²) in [5, 5.41) is 6.89.